The van der Waals surface area contributed by atoms with Gasteiger partial charge >= 0.3 is 0 Å². The molecule has 1 saturated carbocycles. The molecular formula is C14H20FNO. The smallest absolute Gasteiger partial charge is 0.123 e. The molecule has 1 unspecified atom stereocenters. The Kier molecular flexibility index (Phi) is 4.51. The van der Waals surface area contributed by atoms with Crippen LogP contribution in [0.25, 0.3) is 0 Å². The lowest BCUT2D eigenvalue weighted by Crippen LogP contribution is -2.34. The molecule has 1 aliphatic rings. The van der Waals surface area contributed by atoms with E-state index in [1.54, 1.807) is 12.1 Å². The first kappa shape index (κ1) is 12.5. The van der Waals surface area contributed by atoms with Gasteiger partial charge in [-0.25, -0.2) is 4.39 Å². The zero-order valence-corrected chi connectivity index (χ0v) is 10.0. The molecule has 1 aliphatic carbocycles. The molecule has 0 aromatic heterocycles. The van der Waals surface area contributed by atoms with E-state index in [9.17, 15) is 9.50 Å². The minimum atomic E-state index is -0.618. The zero-order valence-electron chi connectivity index (χ0n) is 10.0. The van der Waals surface area contributed by atoms with Gasteiger partial charge in [0.05, 0.1) is 6.10 Å². The first-order chi connectivity index (χ1) is 8.25. The van der Waals surface area contributed by atoms with E-state index in [0.29, 0.717) is 18.2 Å². The molecule has 1 fully saturated rings. The second-order valence-corrected chi connectivity index (χ2v) is 4.81. The second-order valence-electron chi connectivity index (χ2n) is 4.81. The van der Waals surface area contributed by atoms with Crippen molar-refractivity contribution in [1.29, 1.82) is 0 Å². The van der Waals surface area contributed by atoms with E-state index in [1.807, 2.05) is 0 Å². The van der Waals surface area contributed by atoms with Crippen LogP contribution in [-0.2, 0) is 0 Å². The van der Waals surface area contributed by atoms with Crippen molar-refractivity contribution < 1.29 is 9.50 Å². The Labute approximate surface area is 102 Å². The van der Waals surface area contributed by atoms with Crippen molar-refractivity contribution in [3.8, 4) is 0 Å². The molecule has 1 aromatic carbocycles. The van der Waals surface area contributed by atoms with Crippen molar-refractivity contribution in [2.24, 2.45) is 0 Å². The largest absolute Gasteiger partial charge is 0.387 e. The molecule has 2 nitrogen and oxygen atoms in total. The summed E-state index contributed by atoms with van der Waals surface area (Å²) in [6.07, 6.45) is 5.63. The Hall–Kier alpha value is -0.930. The third kappa shape index (κ3) is 3.79. The third-order valence-corrected chi connectivity index (χ3v) is 3.44. The maximum absolute atomic E-state index is 13.0. The molecule has 0 amide bonds. The van der Waals surface area contributed by atoms with E-state index in [4.69, 9.17) is 0 Å². The summed E-state index contributed by atoms with van der Waals surface area (Å²) >= 11 is 0. The molecule has 0 heterocycles. The summed E-state index contributed by atoms with van der Waals surface area (Å²) < 4.78 is 13.0. The van der Waals surface area contributed by atoms with Gasteiger partial charge in [-0.1, -0.05) is 31.4 Å². The summed E-state index contributed by atoms with van der Waals surface area (Å²) in [7, 11) is 0. The van der Waals surface area contributed by atoms with Crippen LogP contribution >= 0.6 is 0 Å². The van der Waals surface area contributed by atoms with Gasteiger partial charge in [-0.15, -0.1) is 0 Å². The minimum absolute atomic E-state index is 0.292. The maximum atomic E-state index is 13.0. The highest BCUT2D eigenvalue weighted by Gasteiger charge is 2.15. The summed E-state index contributed by atoms with van der Waals surface area (Å²) in [5.41, 5.74) is 0.647. The first-order valence-corrected chi connectivity index (χ1v) is 6.42. The van der Waals surface area contributed by atoms with Crippen molar-refractivity contribution in [3.63, 3.8) is 0 Å². The molecular weight excluding hydrogens is 217 g/mol. The fourth-order valence-electron chi connectivity index (χ4n) is 2.42. The molecule has 0 bridgehead atoms. The second kappa shape index (κ2) is 6.12. The summed E-state index contributed by atoms with van der Waals surface area (Å²) in [5.74, 6) is -0.292. The van der Waals surface area contributed by atoms with Gasteiger partial charge in [-0.3, -0.25) is 0 Å². The van der Waals surface area contributed by atoms with Crippen LogP contribution in [0.5, 0.6) is 0 Å². The number of nitrogens with one attached hydrogen (secondary N) is 1. The van der Waals surface area contributed by atoms with Crippen LogP contribution in [0.4, 0.5) is 4.39 Å². The summed E-state index contributed by atoms with van der Waals surface area (Å²) in [6.45, 7) is 0.508. The fourth-order valence-corrected chi connectivity index (χ4v) is 2.42. The van der Waals surface area contributed by atoms with Crippen LogP contribution in [0.2, 0.25) is 0 Å². The average molecular weight is 237 g/mol. The van der Waals surface area contributed by atoms with Gasteiger partial charge in [-0.2, -0.15) is 0 Å². The van der Waals surface area contributed by atoms with Crippen molar-refractivity contribution in [2.75, 3.05) is 6.54 Å². The highest BCUT2D eigenvalue weighted by molar-refractivity contribution is 5.18. The van der Waals surface area contributed by atoms with E-state index in [1.165, 1.54) is 44.2 Å². The Balaban J connectivity index is 1.82. The van der Waals surface area contributed by atoms with Gasteiger partial charge in [-0.05, 0) is 30.5 Å². The lowest BCUT2D eigenvalue weighted by Gasteiger charge is -2.24. The number of hydrogen-bond acceptors (Lipinski definition) is 2. The van der Waals surface area contributed by atoms with Crippen molar-refractivity contribution in [1.82, 2.24) is 5.32 Å². The molecule has 0 spiro atoms. The van der Waals surface area contributed by atoms with Crippen LogP contribution in [-0.4, -0.2) is 17.7 Å². The molecule has 0 radical (unpaired) electrons. The van der Waals surface area contributed by atoms with Crippen LogP contribution in [0.1, 0.15) is 43.8 Å². The van der Waals surface area contributed by atoms with Gasteiger partial charge in [0.25, 0.3) is 0 Å². The number of hydrogen-bond donors (Lipinski definition) is 2. The standard InChI is InChI=1S/C14H20FNO/c15-12-6-4-5-11(9-12)14(17)10-16-13-7-2-1-3-8-13/h4-6,9,13-14,16-17H,1-3,7-8,10H2. The molecule has 3 heteroatoms. The highest BCUT2D eigenvalue weighted by Crippen LogP contribution is 2.19. The van der Waals surface area contributed by atoms with Crippen molar-refractivity contribution in [2.45, 2.75) is 44.2 Å². The zero-order chi connectivity index (χ0) is 12.1. The summed E-state index contributed by atoms with van der Waals surface area (Å²) in [5, 5.41) is 13.3. The summed E-state index contributed by atoms with van der Waals surface area (Å²) in [4.78, 5) is 0. The minimum Gasteiger partial charge on any atom is -0.387 e. The molecule has 2 rings (SSSR count). The lowest BCUT2D eigenvalue weighted by molar-refractivity contribution is 0.165. The van der Waals surface area contributed by atoms with E-state index >= 15 is 0 Å². The molecule has 1 aromatic rings. The number of benzene rings is 1. The highest BCUT2D eigenvalue weighted by atomic mass is 19.1. The quantitative estimate of drug-likeness (QED) is 0.844. The number of rotatable bonds is 4. The van der Waals surface area contributed by atoms with E-state index in [-0.39, 0.29) is 5.82 Å². The van der Waals surface area contributed by atoms with E-state index < -0.39 is 6.10 Å². The topological polar surface area (TPSA) is 32.3 Å². The van der Waals surface area contributed by atoms with Crippen LogP contribution in [0.15, 0.2) is 24.3 Å². The molecule has 0 aliphatic heterocycles. The Morgan fingerprint density at radius 3 is 2.76 bits per heavy atom. The normalized spacial score (nSPS) is 19.2. The number of aliphatic hydroxyl groups is 1. The number of halogens is 1. The molecule has 17 heavy (non-hydrogen) atoms. The monoisotopic (exact) mass is 237 g/mol. The van der Waals surface area contributed by atoms with Gasteiger partial charge in [0, 0.05) is 12.6 Å². The van der Waals surface area contributed by atoms with Crippen molar-refractivity contribution in [3.05, 3.63) is 35.6 Å². The van der Waals surface area contributed by atoms with Gasteiger partial charge in [0.15, 0.2) is 0 Å². The van der Waals surface area contributed by atoms with Crippen LogP contribution in [0, 0.1) is 5.82 Å². The SMILES string of the molecule is OC(CNC1CCCCC1)c1cccc(F)c1. The lowest BCUT2D eigenvalue weighted by atomic mass is 9.95. The van der Waals surface area contributed by atoms with Gasteiger partial charge in [0.1, 0.15) is 5.82 Å². The molecule has 0 saturated heterocycles. The molecule has 2 N–H and O–H groups in total. The van der Waals surface area contributed by atoms with Crippen LogP contribution < -0.4 is 5.32 Å². The van der Waals surface area contributed by atoms with Crippen molar-refractivity contribution >= 4 is 0 Å². The first-order valence-electron chi connectivity index (χ1n) is 6.42. The van der Waals surface area contributed by atoms with Gasteiger partial charge in [0.2, 0.25) is 0 Å². The Morgan fingerprint density at radius 2 is 2.06 bits per heavy atom. The third-order valence-electron chi connectivity index (χ3n) is 3.44. The summed E-state index contributed by atoms with van der Waals surface area (Å²) in [6, 6.07) is 6.70. The number of aliphatic hydroxyl groups excluding tert-OH is 1. The molecule has 1 atom stereocenters. The maximum Gasteiger partial charge on any atom is 0.123 e. The van der Waals surface area contributed by atoms with Crippen LogP contribution in [0.3, 0.4) is 0 Å². The fraction of sp³-hybridized carbons (Fsp3) is 0.571. The molecule has 94 valence electrons. The average Bonchev–Trinajstić information content (AvgIpc) is 2.37. The van der Waals surface area contributed by atoms with Gasteiger partial charge < -0.3 is 10.4 Å². The predicted octanol–water partition coefficient (Wildman–Crippen LogP) is 2.78. The Bertz CT molecular complexity index is 350. The van der Waals surface area contributed by atoms with E-state index in [2.05, 4.69) is 5.32 Å². The van der Waals surface area contributed by atoms with E-state index in [0.717, 1.165) is 0 Å². The predicted molar refractivity (Wildman–Crippen MR) is 66.2 cm³/mol. The Morgan fingerprint density at radius 1 is 1.29 bits per heavy atom.